The van der Waals surface area contributed by atoms with Gasteiger partial charge in [0.1, 0.15) is 23.9 Å². The number of hydrogen-bond acceptors (Lipinski definition) is 6. The summed E-state index contributed by atoms with van der Waals surface area (Å²) in [7, 11) is 0. The van der Waals surface area contributed by atoms with Crippen molar-refractivity contribution in [3.63, 3.8) is 0 Å². The number of nitrogens with two attached hydrogens (primary N) is 4. The summed E-state index contributed by atoms with van der Waals surface area (Å²) in [5, 5.41) is 0. The largest absolute Gasteiger partial charge is 1.00 e. The number of nitrogen functional groups attached to an aromatic ring is 4. The molecule has 0 amide bonds. The molecule has 1 heterocycles. The van der Waals surface area contributed by atoms with E-state index >= 15 is 0 Å². The number of nitrogens with zero attached hydrogens (tertiary/aromatic N) is 2. The molecule has 0 unspecified atom stereocenters. The van der Waals surface area contributed by atoms with Crippen LogP contribution in [0.15, 0.2) is 55.1 Å². The van der Waals surface area contributed by atoms with Gasteiger partial charge in [-0.25, -0.2) is 9.13 Å². The second kappa shape index (κ2) is 11.1. The molecule has 3 rings (SSSR count). The van der Waals surface area contributed by atoms with Gasteiger partial charge in [-0.2, -0.15) is 0 Å². The van der Waals surface area contributed by atoms with Gasteiger partial charge in [0.2, 0.25) is 6.33 Å². The Kier molecular flexibility index (Phi) is 8.49. The van der Waals surface area contributed by atoms with E-state index < -0.39 is 0 Å². The summed E-state index contributed by atoms with van der Waals surface area (Å²) < 4.78 is 15.7. The first-order chi connectivity index (χ1) is 14.0. The van der Waals surface area contributed by atoms with Crippen LogP contribution in [-0.4, -0.2) is 17.8 Å². The van der Waals surface area contributed by atoms with Crippen molar-refractivity contribution in [2.75, 3.05) is 36.1 Å². The molecule has 8 N–H and O–H groups in total. The summed E-state index contributed by atoms with van der Waals surface area (Å²) in [6.45, 7) is 2.90. The van der Waals surface area contributed by atoms with E-state index in [4.69, 9.17) is 32.4 Å². The third-order valence-corrected chi connectivity index (χ3v) is 4.45. The van der Waals surface area contributed by atoms with E-state index in [2.05, 4.69) is 27.9 Å². The van der Waals surface area contributed by atoms with Gasteiger partial charge in [0, 0.05) is 24.2 Å². The maximum absolute atomic E-state index is 5.89. The Morgan fingerprint density at radius 2 is 1.37 bits per heavy atom. The maximum atomic E-state index is 5.89. The summed E-state index contributed by atoms with van der Waals surface area (Å²) in [6, 6.07) is 10.6. The fourth-order valence-electron chi connectivity index (χ4n) is 2.96. The molecule has 3 aromatic rings. The van der Waals surface area contributed by atoms with E-state index in [1.807, 2.05) is 0 Å². The third kappa shape index (κ3) is 6.66. The van der Waals surface area contributed by atoms with E-state index in [1.165, 1.54) is 0 Å². The van der Waals surface area contributed by atoms with Gasteiger partial charge in [0.05, 0.1) is 37.7 Å². The van der Waals surface area contributed by atoms with Crippen LogP contribution < -0.4 is 49.4 Å². The second-order valence-corrected chi connectivity index (χ2v) is 6.89. The predicted octanol–water partition coefficient (Wildman–Crippen LogP) is -0.953. The van der Waals surface area contributed by atoms with Crippen molar-refractivity contribution < 1.29 is 26.4 Å². The molecule has 162 valence electrons. The van der Waals surface area contributed by atoms with Crippen LogP contribution >= 0.6 is 0 Å². The van der Waals surface area contributed by atoms with E-state index in [9.17, 15) is 0 Å². The summed E-state index contributed by atoms with van der Waals surface area (Å²) in [6.07, 6.45) is 7.93. The van der Waals surface area contributed by atoms with Crippen LogP contribution in [0.2, 0.25) is 0 Å². The first-order valence-electron chi connectivity index (χ1n) is 9.61. The highest BCUT2D eigenvalue weighted by atomic mass is 35.5. The number of hydrogen-bond donors (Lipinski definition) is 4. The van der Waals surface area contributed by atoms with Crippen LogP contribution in [0.25, 0.3) is 0 Å². The lowest BCUT2D eigenvalue weighted by atomic mass is 10.2. The zero-order chi connectivity index (χ0) is 20.6. The van der Waals surface area contributed by atoms with Gasteiger partial charge in [0.25, 0.3) is 0 Å². The zero-order valence-corrected chi connectivity index (χ0v) is 17.6. The monoisotopic (exact) mass is 432 g/mol. The Labute approximate surface area is 182 Å². The summed E-state index contributed by atoms with van der Waals surface area (Å²) in [5.74, 6) is 1.34. The topological polar surface area (TPSA) is 131 Å². The molecule has 0 aliphatic heterocycles. The van der Waals surface area contributed by atoms with Crippen molar-refractivity contribution in [2.45, 2.75) is 25.9 Å². The molecule has 8 nitrogen and oxygen atoms in total. The van der Waals surface area contributed by atoms with Crippen molar-refractivity contribution in [3.8, 4) is 11.5 Å². The molecular formula is C21H29ClN6O2. The molecule has 0 saturated heterocycles. The lowest BCUT2D eigenvalue weighted by Crippen LogP contribution is -3.00. The molecule has 0 atom stereocenters. The van der Waals surface area contributed by atoms with E-state index in [-0.39, 0.29) is 12.4 Å². The van der Waals surface area contributed by atoms with Crippen LogP contribution in [0.3, 0.4) is 0 Å². The molecule has 9 heteroatoms. The number of rotatable bonds is 10. The molecule has 0 spiro atoms. The molecular weight excluding hydrogens is 404 g/mol. The quantitative estimate of drug-likeness (QED) is 0.185. The molecule has 2 aromatic carbocycles. The number of anilines is 4. The smallest absolute Gasteiger partial charge is 0.243 e. The number of benzene rings is 2. The minimum atomic E-state index is 0. The van der Waals surface area contributed by atoms with Gasteiger partial charge >= 0.3 is 0 Å². The van der Waals surface area contributed by atoms with Crippen LogP contribution in [0.4, 0.5) is 22.7 Å². The molecule has 0 radical (unpaired) electrons. The highest BCUT2D eigenvalue weighted by Gasteiger charge is 2.06. The van der Waals surface area contributed by atoms with Crippen molar-refractivity contribution in [1.82, 2.24) is 4.57 Å². The molecule has 0 bridgehead atoms. The minimum absolute atomic E-state index is 0. The lowest BCUT2D eigenvalue weighted by Gasteiger charge is -2.08. The van der Waals surface area contributed by atoms with Gasteiger partial charge in [-0.3, -0.25) is 0 Å². The number of imidazole rings is 1. The SMILES string of the molecule is Nc1ccc(OCCCn2cc[n+](CCCOc3ccc(N)cc3N)c2)c(N)c1.[Cl-]. The van der Waals surface area contributed by atoms with Crippen molar-refractivity contribution in [1.29, 1.82) is 0 Å². The van der Waals surface area contributed by atoms with Crippen molar-refractivity contribution >= 4 is 22.7 Å². The highest BCUT2D eigenvalue weighted by Crippen LogP contribution is 2.24. The van der Waals surface area contributed by atoms with Crippen molar-refractivity contribution in [3.05, 3.63) is 55.1 Å². The van der Waals surface area contributed by atoms with Gasteiger partial charge in [-0.1, -0.05) is 0 Å². The molecule has 0 fully saturated rings. The van der Waals surface area contributed by atoms with Crippen LogP contribution in [0.5, 0.6) is 11.5 Å². The number of aromatic nitrogens is 2. The second-order valence-electron chi connectivity index (χ2n) is 6.89. The third-order valence-electron chi connectivity index (χ3n) is 4.45. The van der Waals surface area contributed by atoms with Gasteiger partial charge < -0.3 is 44.8 Å². The number of halogens is 1. The minimum Gasteiger partial charge on any atom is -1.00 e. The average molecular weight is 433 g/mol. The van der Waals surface area contributed by atoms with Gasteiger partial charge in [-0.05, 0) is 36.4 Å². The van der Waals surface area contributed by atoms with Crippen LogP contribution in [0, 0.1) is 0 Å². The highest BCUT2D eigenvalue weighted by molar-refractivity contribution is 5.61. The Hall–Kier alpha value is -3.26. The normalized spacial score (nSPS) is 10.4. The van der Waals surface area contributed by atoms with E-state index in [0.717, 1.165) is 25.9 Å². The number of aryl methyl sites for hydroxylation is 2. The molecule has 30 heavy (non-hydrogen) atoms. The maximum Gasteiger partial charge on any atom is 0.243 e. The van der Waals surface area contributed by atoms with E-state index in [0.29, 0.717) is 47.5 Å². The standard InChI is InChI=1S/C21H29N6O2.ClH/c22-16-3-5-20(18(24)13-16)28-11-1-7-26-9-10-27(15-26)8-2-12-29-21-6-4-17(23)14-19(21)25;/h3-6,9-10,13-15H,1-2,7-8,11-12,22-25H2;1H/q+1;/p-1. The lowest BCUT2D eigenvalue weighted by molar-refractivity contribution is -0.696. The number of ether oxygens (including phenoxy) is 2. The van der Waals surface area contributed by atoms with Gasteiger partial charge in [-0.15, -0.1) is 0 Å². The Balaban J connectivity index is 0.00000320. The zero-order valence-electron chi connectivity index (χ0n) is 16.8. The average Bonchev–Trinajstić information content (AvgIpc) is 3.13. The molecule has 1 aromatic heterocycles. The molecule has 0 aliphatic rings. The summed E-state index contributed by atoms with van der Waals surface area (Å²) >= 11 is 0. The summed E-state index contributed by atoms with van der Waals surface area (Å²) in [5.41, 5.74) is 25.5. The molecule has 0 saturated carbocycles. The first kappa shape index (κ1) is 23.0. The van der Waals surface area contributed by atoms with E-state index in [1.54, 1.807) is 36.4 Å². The fourth-order valence-corrected chi connectivity index (χ4v) is 2.96. The first-order valence-corrected chi connectivity index (χ1v) is 9.61. The van der Waals surface area contributed by atoms with Gasteiger partial charge in [0.15, 0.2) is 0 Å². The Morgan fingerprint density at radius 3 is 1.93 bits per heavy atom. The van der Waals surface area contributed by atoms with Crippen LogP contribution in [-0.2, 0) is 13.1 Å². The van der Waals surface area contributed by atoms with Crippen LogP contribution in [0.1, 0.15) is 12.8 Å². The fraction of sp³-hybridized carbons (Fsp3) is 0.286. The Bertz CT molecular complexity index is 873. The van der Waals surface area contributed by atoms with Crippen molar-refractivity contribution in [2.24, 2.45) is 0 Å². The molecule has 0 aliphatic carbocycles. The Morgan fingerprint density at radius 1 is 0.800 bits per heavy atom. The predicted molar refractivity (Wildman–Crippen MR) is 115 cm³/mol. The summed E-state index contributed by atoms with van der Waals surface area (Å²) in [4.78, 5) is 0.